The minimum absolute atomic E-state index is 0.0930. The van der Waals surface area contributed by atoms with Crippen molar-refractivity contribution >= 4 is 23.3 Å². The Labute approximate surface area is 224 Å². The Morgan fingerprint density at radius 1 is 0.949 bits per heavy atom. The van der Waals surface area contributed by atoms with E-state index in [1.165, 1.54) is 0 Å². The van der Waals surface area contributed by atoms with Gasteiger partial charge in [0.2, 0.25) is 5.91 Å². The Morgan fingerprint density at radius 3 is 2.23 bits per heavy atom. The first-order valence-electron chi connectivity index (χ1n) is 14.3. The van der Waals surface area contributed by atoms with Gasteiger partial charge in [0, 0.05) is 18.3 Å². The van der Waals surface area contributed by atoms with E-state index in [0.29, 0.717) is 32.1 Å². The van der Waals surface area contributed by atoms with E-state index in [4.69, 9.17) is 5.73 Å². The molecule has 0 saturated heterocycles. The van der Waals surface area contributed by atoms with Gasteiger partial charge in [-0.2, -0.15) is 13.2 Å². The lowest BCUT2D eigenvalue weighted by molar-refractivity contribution is -0.208. The van der Waals surface area contributed by atoms with Crippen molar-refractivity contribution in [2.75, 3.05) is 0 Å². The molecule has 10 atom stereocenters. The van der Waals surface area contributed by atoms with Gasteiger partial charge < -0.3 is 21.1 Å². The predicted octanol–water partition coefficient (Wildman–Crippen LogP) is 2.10. The standard InChI is InChI=1S/C28H38F3NO7/c29-28(30,31)15-6-2-12(3-7-15)1-4-13-5-8-18(33)21-17(13)10-14-9-16-11-19(34)22(26(32)38)25(37)27(16,39)24(36)20(14)23(21)35/h12-18,20-22,24,33,36,39H,1-11H2,(H2,32,38)/t12?,13?,14-,15?,16+,17?,18?,20?,21?,22?,24?,27+/m1/s1. The number of ketones is 3. The summed E-state index contributed by atoms with van der Waals surface area (Å²) >= 11 is 0. The van der Waals surface area contributed by atoms with Crippen LogP contribution in [-0.4, -0.2) is 62.6 Å². The molecule has 218 valence electrons. The van der Waals surface area contributed by atoms with Crippen LogP contribution < -0.4 is 5.73 Å². The third-order valence-corrected chi connectivity index (χ3v) is 11.0. The number of hydrogen-bond acceptors (Lipinski definition) is 7. The first-order valence-corrected chi connectivity index (χ1v) is 14.3. The number of halogens is 3. The third-order valence-electron chi connectivity index (χ3n) is 11.0. The van der Waals surface area contributed by atoms with E-state index < -0.39 is 82.7 Å². The highest BCUT2D eigenvalue weighted by atomic mass is 19.4. The molecular formula is C28H38F3NO7. The number of aliphatic hydroxyl groups is 3. The van der Waals surface area contributed by atoms with Gasteiger partial charge in [-0.3, -0.25) is 19.2 Å². The first-order chi connectivity index (χ1) is 18.2. The molecule has 7 unspecified atom stereocenters. The van der Waals surface area contributed by atoms with Crippen LogP contribution in [0.2, 0.25) is 0 Å². The lowest BCUT2D eigenvalue weighted by atomic mass is 9.48. The Hall–Kier alpha value is -1.85. The van der Waals surface area contributed by atoms with E-state index in [-0.39, 0.29) is 43.4 Å². The molecular weight excluding hydrogens is 519 g/mol. The van der Waals surface area contributed by atoms with Crippen molar-refractivity contribution in [2.45, 2.75) is 94.6 Å². The molecule has 0 heterocycles. The number of amides is 1. The van der Waals surface area contributed by atoms with Crippen LogP contribution in [0.1, 0.15) is 70.6 Å². The number of carbonyl (C=O) groups excluding carboxylic acids is 4. The number of carbonyl (C=O) groups is 4. The van der Waals surface area contributed by atoms with Crippen LogP contribution in [-0.2, 0) is 19.2 Å². The highest BCUT2D eigenvalue weighted by Crippen LogP contribution is 2.56. The van der Waals surface area contributed by atoms with Gasteiger partial charge in [-0.15, -0.1) is 0 Å². The number of aliphatic hydroxyl groups excluding tert-OH is 2. The molecule has 0 spiro atoms. The summed E-state index contributed by atoms with van der Waals surface area (Å²) in [5.41, 5.74) is 2.80. The van der Waals surface area contributed by atoms with E-state index in [2.05, 4.69) is 0 Å². The Balaban J connectivity index is 1.31. The molecule has 5 aliphatic rings. The number of fused-ring (bicyclic) bond motifs is 3. The maximum atomic E-state index is 13.8. The average Bonchev–Trinajstić information content (AvgIpc) is 2.85. The van der Waals surface area contributed by atoms with E-state index in [0.717, 1.165) is 12.8 Å². The van der Waals surface area contributed by atoms with Gasteiger partial charge in [0.25, 0.3) is 0 Å². The Morgan fingerprint density at radius 2 is 1.62 bits per heavy atom. The van der Waals surface area contributed by atoms with Crippen molar-refractivity contribution in [3.05, 3.63) is 0 Å². The summed E-state index contributed by atoms with van der Waals surface area (Å²) < 4.78 is 39.1. The van der Waals surface area contributed by atoms with Crippen molar-refractivity contribution in [1.82, 2.24) is 0 Å². The molecule has 0 bridgehead atoms. The lowest BCUT2D eigenvalue weighted by Gasteiger charge is -2.57. The zero-order valence-corrected chi connectivity index (χ0v) is 21.8. The summed E-state index contributed by atoms with van der Waals surface area (Å²) in [5, 5.41) is 33.5. The van der Waals surface area contributed by atoms with Crippen LogP contribution in [0.15, 0.2) is 0 Å². The van der Waals surface area contributed by atoms with Gasteiger partial charge >= 0.3 is 6.18 Å². The predicted molar refractivity (Wildman–Crippen MR) is 129 cm³/mol. The maximum Gasteiger partial charge on any atom is 0.391 e. The number of hydrogen-bond donors (Lipinski definition) is 4. The number of rotatable bonds is 4. The van der Waals surface area contributed by atoms with Gasteiger partial charge in [0.15, 0.2) is 23.1 Å². The number of alkyl halides is 3. The normalized spacial score (nSPS) is 46.7. The van der Waals surface area contributed by atoms with Crippen LogP contribution in [0.25, 0.3) is 0 Å². The molecule has 0 aliphatic heterocycles. The fraction of sp³-hybridized carbons (Fsp3) is 0.857. The van der Waals surface area contributed by atoms with Crippen LogP contribution in [0.5, 0.6) is 0 Å². The van der Waals surface area contributed by atoms with E-state index in [1.54, 1.807) is 0 Å². The summed E-state index contributed by atoms with van der Waals surface area (Å²) in [6, 6.07) is 0. The maximum absolute atomic E-state index is 13.8. The molecule has 0 radical (unpaired) electrons. The van der Waals surface area contributed by atoms with Gasteiger partial charge in [0.1, 0.15) is 11.9 Å². The van der Waals surface area contributed by atoms with E-state index in [9.17, 15) is 47.7 Å². The van der Waals surface area contributed by atoms with Crippen molar-refractivity contribution in [3.63, 3.8) is 0 Å². The average molecular weight is 558 g/mol. The minimum atomic E-state index is -4.15. The summed E-state index contributed by atoms with van der Waals surface area (Å²) in [6.45, 7) is 0. The first kappa shape index (κ1) is 28.7. The van der Waals surface area contributed by atoms with Gasteiger partial charge in [-0.1, -0.05) is 6.42 Å². The van der Waals surface area contributed by atoms with Gasteiger partial charge in [-0.05, 0) is 81.5 Å². The fourth-order valence-electron chi connectivity index (χ4n) is 8.96. The SMILES string of the molecule is NC(=O)C1C(=O)C[C@@H]2C[C@@H]3CC4C(CCC5CCC(C(F)(F)F)CC5)CCC(O)C4C(=O)C3C(O)[C@]2(O)C1=O. The molecule has 5 aliphatic carbocycles. The monoisotopic (exact) mass is 557 g/mol. The van der Waals surface area contributed by atoms with Crippen LogP contribution in [0.4, 0.5) is 13.2 Å². The van der Waals surface area contributed by atoms with Crippen molar-refractivity contribution in [2.24, 2.45) is 59.0 Å². The fourth-order valence-corrected chi connectivity index (χ4v) is 8.96. The van der Waals surface area contributed by atoms with Crippen molar-refractivity contribution < 1.29 is 47.7 Å². The summed E-state index contributed by atoms with van der Waals surface area (Å²) in [4.78, 5) is 51.2. The summed E-state index contributed by atoms with van der Waals surface area (Å²) in [6.07, 6.45) is -2.64. The molecule has 5 rings (SSSR count). The number of primary amides is 1. The van der Waals surface area contributed by atoms with E-state index >= 15 is 0 Å². The lowest BCUT2D eigenvalue weighted by Crippen LogP contribution is -2.71. The molecule has 5 fully saturated rings. The zero-order chi connectivity index (χ0) is 28.4. The largest absolute Gasteiger partial charge is 0.392 e. The molecule has 8 nitrogen and oxygen atoms in total. The highest BCUT2D eigenvalue weighted by molar-refractivity contribution is 6.22. The van der Waals surface area contributed by atoms with E-state index in [1.807, 2.05) is 0 Å². The van der Waals surface area contributed by atoms with Gasteiger partial charge in [0.05, 0.1) is 17.9 Å². The second-order valence-corrected chi connectivity index (χ2v) is 12.9. The van der Waals surface area contributed by atoms with Crippen molar-refractivity contribution in [1.29, 1.82) is 0 Å². The molecule has 0 aromatic carbocycles. The molecule has 0 aromatic heterocycles. The number of Topliss-reactive ketones (excluding diaryl/α,β-unsaturated/α-hetero) is 3. The van der Waals surface area contributed by atoms with Crippen LogP contribution >= 0.6 is 0 Å². The summed E-state index contributed by atoms with van der Waals surface area (Å²) in [5.74, 6) is -9.65. The van der Waals surface area contributed by atoms with Gasteiger partial charge in [-0.25, -0.2) is 0 Å². The molecule has 39 heavy (non-hydrogen) atoms. The summed E-state index contributed by atoms with van der Waals surface area (Å²) in [7, 11) is 0. The Kier molecular flexibility index (Phi) is 7.50. The smallest absolute Gasteiger partial charge is 0.391 e. The van der Waals surface area contributed by atoms with Crippen LogP contribution in [0, 0.1) is 53.3 Å². The zero-order valence-electron chi connectivity index (χ0n) is 21.8. The molecule has 0 aromatic rings. The topological polar surface area (TPSA) is 155 Å². The van der Waals surface area contributed by atoms with Crippen LogP contribution in [0.3, 0.4) is 0 Å². The minimum Gasteiger partial charge on any atom is -0.392 e. The third kappa shape index (κ3) is 4.76. The molecule has 5 N–H and O–H groups in total. The Bertz CT molecular complexity index is 1030. The molecule has 11 heteroatoms. The second kappa shape index (κ2) is 10.2. The van der Waals surface area contributed by atoms with Crippen molar-refractivity contribution in [3.8, 4) is 0 Å². The molecule has 5 saturated carbocycles. The molecule has 1 amide bonds. The number of nitrogens with two attached hydrogens (primary N) is 1. The quantitative estimate of drug-likeness (QED) is 0.386. The highest BCUT2D eigenvalue weighted by Gasteiger charge is 2.67. The second-order valence-electron chi connectivity index (χ2n) is 12.9.